The lowest BCUT2D eigenvalue weighted by atomic mass is 10.0. The fraction of sp³-hybridized carbons (Fsp3) is 0.875. The van der Waals surface area contributed by atoms with E-state index < -0.39 is 0 Å². The zero-order chi connectivity index (χ0) is 8.97. The topological polar surface area (TPSA) is 64.3 Å². The van der Waals surface area contributed by atoms with E-state index in [9.17, 15) is 4.79 Å². The first-order chi connectivity index (χ1) is 5.74. The molecule has 4 heteroatoms. The number of rotatable bonds is 3. The Morgan fingerprint density at radius 2 is 2.42 bits per heavy atom. The van der Waals surface area contributed by atoms with E-state index in [0.717, 1.165) is 19.3 Å². The minimum atomic E-state index is -0.0696. The molecule has 0 radical (unpaired) electrons. The molecule has 2 atom stereocenters. The molecule has 70 valence electrons. The van der Waals surface area contributed by atoms with Crippen LogP contribution >= 0.6 is 0 Å². The fourth-order valence-electron chi connectivity index (χ4n) is 1.71. The van der Waals surface area contributed by atoms with Crippen molar-refractivity contribution in [2.75, 3.05) is 7.11 Å². The summed E-state index contributed by atoms with van der Waals surface area (Å²) in [5.74, 6) is 0.278. The second-order valence-electron chi connectivity index (χ2n) is 3.29. The van der Waals surface area contributed by atoms with Gasteiger partial charge in [0.25, 0.3) is 0 Å². The van der Waals surface area contributed by atoms with Crippen LogP contribution in [-0.2, 0) is 9.63 Å². The van der Waals surface area contributed by atoms with E-state index in [4.69, 9.17) is 5.73 Å². The van der Waals surface area contributed by atoms with Gasteiger partial charge in [-0.15, -0.1) is 0 Å². The molecule has 4 nitrogen and oxygen atoms in total. The van der Waals surface area contributed by atoms with Gasteiger partial charge >= 0.3 is 0 Å². The predicted octanol–water partition coefficient (Wildman–Crippen LogP) is 0.181. The van der Waals surface area contributed by atoms with Crippen LogP contribution in [0.15, 0.2) is 0 Å². The zero-order valence-electron chi connectivity index (χ0n) is 7.38. The van der Waals surface area contributed by atoms with Crippen LogP contribution in [0.1, 0.15) is 25.7 Å². The Morgan fingerprint density at radius 1 is 1.67 bits per heavy atom. The number of amides is 1. The SMILES string of the molecule is CONC(=O)C[C@@H]1CCC[C@H]1N. The van der Waals surface area contributed by atoms with Gasteiger partial charge in [-0.05, 0) is 18.8 Å². The molecule has 3 N–H and O–H groups in total. The molecule has 0 aromatic heterocycles. The third kappa shape index (κ3) is 2.46. The summed E-state index contributed by atoms with van der Waals surface area (Å²) in [6.45, 7) is 0. The summed E-state index contributed by atoms with van der Waals surface area (Å²) < 4.78 is 0. The number of hydroxylamine groups is 1. The summed E-state index contributed by atoms with van der Waals surface area (Å²) >= 11 is 0. The first kappa shape index (κ1) is 9.48. The molecular weight excluding hydrogens is 156 g/mol. The average Bonchev–Trinajstić information content (AvgIpc) is 2.37. The van der Waals surface area contributed by atoms with Crippen LogP contribution in [0.3, 0.4) is 0 Å². The number of carbonyl (C=O) groups excluding carboxylic acids is 1. The predicted molar refractivity (Wildman–Crippen MR) is 45.1 cm³/mol. The van der Waals surface area contributed by atoms with Gasteiger partial charge in [0.05, 0.1) is 7.11 Å². The van der Waals surface area contributed by atoms with Gasteiger partial charge in [-0.25, -0.2) is 5.48 Å². The summed E-state index contributed by atoms with van der Waals surface area (Å²) in [5.41, 5.74) is 8.10. The van der Waals surface area contributed by atoms with Crippen molar-refractivity contribution in [2.24, 2.45) is 11.7 Å². The Morgan fingerprint density at radius 3 is 2.92 bits per heavy atom. The quantitative estimate of drug-likeness (QED) is 0.597. The second kappa shape index (κ2) is 4.42. The van der Waals surface area contributed by atoms with Crippen LogP contribution in [0.4, 0.5) is 0 Å². The average molecular weight is 172 g/mol. The maximum absolute atomic E-state index is 11.1. The molecule has 1 aliphatic carbocycles. The minimum absolute atomic E-state index is 0.0696. The molecule has 1 aliphatic rings. The molecule has 0 aromatic carbocycles. The summed E-state index contributed by atoms with van der Waals surface area (Å²) in [4.78, 5) is 15.6. The Labute approximate surface area is 72.4 Å². The zero-order valence-corrected chi connectivity index (χ0v) is 7.38. The molecular formula is C8H16N2O2. The van der Waals surface area contributed by atoms with Crippen molar-refractivity contribution in [3.8, 4) is 0 Å². The van der Waals surface area contributed by atoms with Gasteiger partial charge in [0, 0.05) is 12.5 Å². The maximum Gasteiger partial charge on any atom is 0.243 e. The van der Waals surface area contributed by atoms with Gasteiger partial charge < -0.3 is 5.73 Å². The van der Waals surface area contributed by atoms with Gasteiger partial charge in [-0.1, -0.05) is 6.42 Å². The number of hydrogen-bond donors (Lipinski definition) is 2. The highest BCUT2D eigenvalue weighted by Crippen LogP contribution is 2.26. The van der Waals surface area contributed by atoms with Crippen molar-refractivity contribution >= 4 is 5.91 Å². The molecule has 0 saturated heterocycles. The lowest BCUT2D eigenvalue weighted by molar-refractivity contribution is -0.132. The number of nitrogens with one attached hydrogen (secondary N) is 1. The Kier molecular flexibility index (Phi) is 3.49. The largest absolute Gasteiger partial charge is 0.327 e. The first-order valence-electron chi connectivity index (χ1n) is 4.31. The van der Waals surface area contributed by atoms with Gasteiger partial charge in [0.2, 0.25) is 5.91 Å². The molecule has 0 bridgehead atoms. The third-order valence-corrected chi connectivity index (χ3v) is 2.38. The first-order valence-corrected chi connectivity index (χ1v) is 4.31. The molecule has 1 saturated carbocycles. The van der Waals surface area contributed by atoms with E-state index in [-0.39, 0.29) is 11.9 Å². The minimum Gasteiger partial charge on any atom is -0.327 e. The second-order valence-corrected chi connectivity index (χ2v) is 3.29. The smallest absolute Gasteiger partial charge is 0.243 e. The van der Waals surface area contributed by atoms with Crippen LogP contribution in [0, 0.1) is 5.92 Å². The summed E-state index contributed by atoms with van der Waals surface area (Å²) in [5, 5.41) is 0. The highest BCUT2D eigenvalue weighted by atomic mass is 16.6. The van der Waals surface area contributed by atoms with E-state index in [1.165, 1.54) is 7.11 Å². The summed E-state index contributed by atoms with van der Waals surface area (Å²) in [6.07, 6.45) is 3.75. The van der Waals surface area contributed by atoms with E-state index in [2.05, 4.69) is 10.3 Å². The van der Waals surface area contributed by atoms with Crippen molar-refractivity contribution in [1.82, 2.24) is 5.48 Å². The van der Waals surface area contributed by atoms with Crippen molar-refractivity contribution < 1.29 is 9.63 Å². The number of carbonyl (C=O) groups is 1. The molecule has 0 heterocycles. The Hall–Kier alpha value is -0.610. The normalized spacial score (nSPS) is 28.8. The molecule has 1 fully saturated rings. The summed E-state index contributed by atoms with van der Waals surface area (Å²) in [6, 6.07) is 0.201. The lowest BCUT2D eigenvalue weighted by Crippen LogP contribution is -2.31. The monoisotopic (exact) mass is 172 g/mol. The van der Waals surface area contributed by atoms with Crippen LogP contribution < -0.4 is 11.2 Å². The van der Waals surface area contributed by atoms with Gasteiger partial charge in [-0.2, -0.15) is 0 Å². The molecule has 1 rings (SSSR count). The highest BCUT2D eigenvalue weighted by molar-refractivity contribution is 5.75. The number of hydrogen-bond acceptors (Lipinski definition) is 3. The van der Waals surface area contributed by atoms with Crippen molar-refractivity contribution in [1.29, 1.82) is 0 Å². The van der Waals surface area contributed by atoms with Crippen molar-refractivity contribution in [3.05, 3.63) is 0 Å². The summed E-state index contributed by atoms with van der Waals surface area (Å²) in [7, 11) is 1.44. The maximum atomic E-state index is 11.1. The molecule has 0 unspecified atom stereocenters. The van der Waals surface area contributed by atoms with E-state index >= 15 is 0 Å². The molecule has 12 heavy (non-hydrogen) atoms. The van der Waals surface area contributed by atoms with Gasteiger partial charge in [0.15, 0.2) is 0 Å². The van der Waals surface area contributed by atoms with E-state index in [1.807, 2.05) is 0 Å². The van der Waals surface area contributed by atoms with Crippen LogP contribution in [-0.4, -0.2) is 19.1 Å². The highest BCUT2D eigenvalue weighted by Gasteiger charge is 2.25. The standard InChI is InChI=1S/C8H16N2O2/c1-12-10-8(11)5-6-3-2-4-7(6)9/h6-7H,2-5,9H2,1H3,(H,10,11)/t6-,7+/m0/s1. The lowest BCUT2D eigenvalue weighted by Gasteiger charge is -2.13. The molecule has 0 aliphatic heterocycles. The Bertz CT molecular complexity index is 161. The van der Waals surface area contributed by atoms with Crippen molar-refractivity contribution in [2.45, 2.75) is 31.7 Å². The fourth-order valence-corrected chi connectivity index (χ4v) is 1.71. The third-order valence-electron chi connectivity index (χ3n) is 2.38. The Balaban J connectivity index is 2.25. The number of nitrogens with two attached hydrogens (primary N) is 1. The molecule has 0 aromatic rings. The van der Waals surface area contributed by atoms with Crippen LogP contribution in [0.5, 0.6) is 0 Å². The van der Waals surface area contributed by atoms with Gasteiger partial charge in [-0.3, -0.25) is 9.63 Å². The van der Waals surface area contributed by atoms with E-state index in [1.54, 1.807) is 0 Å². The van der Waals surface area contributed by atoms with Gasteiger partial charge in [0.1, 0.15) is 0 Å². The van der Waals surface area contributed by atoms with Crippen molar-refractivity contribution in [3.63, 3.8) is 0 Å². The van der Waals surface area contributed by atoms with Crippen LogP contribution in [0.2, 0.25) is 0 Å². The molecule has 0 spiro atoms. The van der Waals surface area contributed by atoms with E-state index in [0.29, 0.717) is 12.3 Å². The van der Waals surface area contributed by atoms with Crippen LogP contribution in [0.25, 0.3) is 0 Å². The molecule has 1 amide bonds.